The maximum atomic E-state index is 12.0. The lowest BCUT2D eigenvalue weighted by atomic mass is 10.2. The summed E-state index contributed by atoms with van der Waals surface area (Å²) in [6, 6.07) is 1.26. The van der Waals surface area contributed by atoms with Crippen molar-refractivity contribution in [2.24, 2.45) is 0 Å². The molecule has 0 spiro atoms. The Balaban J connectivity index is 1.88. The number of ether oxygens (including phenoxy) is 1. The quantitative estimate of drug-likeness (QED) is 0.624. The predicted molar refractivity (Wildman–Crippen MR) is 89.8 cm³/mol. The van der Waals surface area contributed by atoms with Crippen LogP contribution in [0.5, 0.6) is 0 Å². The number of rotatable bonds is 4. The Morgan fingerprint density at radius 1 is 1.45 bits per heavy atom. The largest absolute Gasteiger partial charge is 0.451 e. The number of carbonyl (C=O) groups excluding carboxylic acids is 2. The summed E-state index contributed by atoms with van der Waals surface area (Å²) >= 11 is 7.74. The summed E-state index contributed by atoms with van der Waals surface area (Å²) in [6.45, 7) is -0.404. The van der Waals surface area contributed by atoms with Gasteiger partial charge in [0.15, 0.2) is 16.4 Å². The number of esters is 1. The summed E-state index contributed by atoms with van der Waals surface area (Å²) < 4.78 is 29.3. The SMILES string of the molecule is CN(C(=O)COC(=O)c1cc(Br)c(Br)s1)[C@@H]1CCS(=O)(=O)C1. The van der Waals surface area contributed by atoms with E-state index in [1.807, 2.05) is 0 Å². The molecule has 122 valence electrons. The number of carbonyl (C=O) groups is 2. The number of thiophene rings is 1. The van der Waals surface area contributed by atoms with Crippen molar-refractivity contribution in [3.05, 3.63) is 19.2 Å². The number of nitrogens with zero attached hydrogens (tertiary/aromatic N) is 1. The van der Waals surface area contributed by atoms with Gasteiger partial charge in [0, 0.05) is 17.6 Å². The van der Waals surface area contributed by atoms with E-state index in [1.54, 1.807) is 6.07 Å². The smallest absolute Gasteiger partial charge is 0.348 e. The summed E-state index contributed by atoms with van der Waals surface area (Å²) in [4.78, 5) is 25.5. The maximum Gasteiger partial charge on any atom is 0.348 e. The van der Waals surface area contributed by atoms with Crippen LogP contribution < -0.4 is 0 Å². The second kappa shape index (κ2) is 6.98. The highest BCUT2D eigenvalue weighted by Gasteiger charge is 2.33. The molecule has 1 fully saturated rings. The number of likely N-dealkylation sites (N-methyl/N-ethyl adjacent to an activating group) is 1. The van der Waals surface area contributed by atoms with Gasteiger partial charge in [0.1, 0.15) is 4.88 Å². The van der Waals surface area contributed by atoms with Gasteiger partial charge in [0.2, 0.25) is 0 Å². The van der Waals surface area contributed by atoms with Crippen molar-refractivity contribution in [1.82, 2.24) is 4.90 Å². The molecule has 22 heavy (non-hydrogen) atoms. The molecule has 0 saturated carbocycles. The Bertz CT molecular complexity index is 681. The lowest BCUT2D eigenvalue weighted by Crippen LogP contribution is -2.40. The van der Waals surface area contributed by atoms with E-state index in [-0.39, 0.29) is 17.5 Å². The highest BCUT2D eigenvalue weighted by atomic mass is 79.9. The molecule has 0 radical (unpaired) electrons. The fourth-order valence-corrected chi connectivity index (χ4v) is 5.74. The Morgan fingerprint density at radius 2 is 2.14 bits per heavy atom. The van der Waals surface area contributed by atoms with E-state index in [4.69, 9.17) is 4.74 Å². The molecule has 0 aromatic carbocycles. The van der Waals surface area contributed by atoms with Crippen LogP contribution in [0, 0.1) is 0 Å². The molecule has 0 bridgehead atoms. The van der Waals surface area contributed by atoms with Crippen molar-refractivity contribution in [3.63, 3.8) is 0 Å². The third-order valence-corrected chi connectivity index (χ3v) is 8.31. The average Bonchev–Trinajstić information content (AvgIpc) is 2.98. The summed E-state index contributed by atoms with van der Waals surface area (Å²) in [5, 5.41) is 0. The predicted octanol–water partition coefficient (Wildman–Crippen LogP) is 2.08. The molecule has 0 unspecified atom stereocenters. The first-order chi connectivity index (χ1) is 10.2. The molecule has 1 saturated heterocycles. The van der Waals surface area contributed by atoms with Gasteiger partial charge in [-0.05, 0) is 44.3 Å². The Hall–Kier alpha value is -0.450. The fraction of sp³-hybridized carbons (Fsp3) is 0.500. The van der Waals surface area contributed by atoms with Gasteiger partial charge in [0.25, 0.3) is 5.91 Å². The molecule has 10 heteroatoms. The summed E-state index contributed by atoms with van der Waals surface area (Å²) in [7, 11) is -1.53. The summed E-state index contributed by atoms with van der Waals surface area (Å²) in [5.41, 5.74) is 0. The van der Waals surface area contributed by atoms with Crippen molar-refractivity contribution in [2.45, 2.75) is 12.5 Å². The third-order valence-electron chi connectivity index (χ3n) is 3.32. The van der Waals surface area contributed by atoms with Gasteiger partial charge in [-0.2, -0.15) is 0 Å². The highest BCUT2D eigenvalue weighted by Crippen LogP contribution is 2.32. The molecule has 2 rings (SSSR count). The molecule has 1 aliphatic heterocycles. The molecule has 1 amide bonds. The van der Waals surface area contributed by atoms with Gasteiger partial charge >= 0.3 is 5.97 Å². The van der Waals surface area contributed by atoms with E-state index in [2.05, 4.69) is 31.9 Å². The standard InChI is InChI=1S/C12H13Br2NO5S2/c1-15(7-2-3-22(18,19)6-7)10(16)5-20-12(17)9-4-8(13)11(14)21-9/h4,7H,2-3,5-6H2,1H3/t7-/m1/s1. The van der Waals surface area contributed by atoms with Crippen molar-refractivity contribution in [2.75, 3.05) is 25.2 Å². The molecule has 0 N–H and O–H groups in total. The molecule has 2 heterocycles. The van der Waals surface area contributed by atoms with E-state index in [0.717, 1.165) is 8.26 Å². The van der Waals surface area contributed by atoms with Crippen LogP contribution in [-0.2, 0) is 19.4 Å². The van der Waals surface area contributed by atoms with E-state index < -0.39 is 28.3 Å². The van der Waals surface area contributed by atoms with Crippen molar-refractivity contribution >= 4 is 64.9 Å². The molecule has 1 aliphatic rings. The normalized spacial score (nSPS) is 19.9. The number of amides is 1. The molecule has 0 aliphatic carbocycles. The van der Waals surface area contributed by atoms with Crippen LogP contribution in [0.25, 0.3) is 0 Å². The second-order valence-corrected chi connectivity index (χ2v) is 10.3. The molecule has 1 aromatic rings. The molecule has 6 nitrogen and oxygen atoms in total. The lowest BCUT2D eigenvalue weighted by molar-refractivity contribution is -0.134. The Kier molecular flexibility index (Phi) is 5.68. The Morgan fingerprint density at radius 3 is 2.64 bits per heavy atom. The van der Waals surface area contributed by atoms with Crippen LogP contribution in [0.3, 0.4) is 0 Å². The van der Waals surface area contributed by atoms with Gasteiger partial charge in [-0.15, -0.1) is 11.3 Å². The first-order valence-corrected chi connectivity index (χ1v) is 10.5. The zero-order chi connectivity index (χ0) is 16.5. The van der Waals surface area contributed by atoms with Gasteiger partial charge < -0.3 is 9.64 Å². The van der Waals surface area contributed by atoms with Gasteiger partial charge in [-0.1, -0.05) is 0 Å². The fourth-order valence-electron chi connectivity index (χ4n) is 2.03. The molecule has 1 aromatic heterocycles. The highest BCUT2D eigenvalue weighted by molar-refractivity contribution is 9.13. The van der Waals surface area contributed by atoms with E-state index in [0.29, 0.717) is 11.3 Å². The van der Waals surface area contributed by atoms with Crippen LogP contribution in [-0.4, -0.2) is 56.4 Å². The Labute approximate surface area is 149 Å². The van der Waals surface area contributed by atoms with E-state index in [1.165, 1.54) is 23.3 Å². The summed E-state index contributed by atoms with van der Waals surface area (Å²) in [6.07, 6.45) is 0.420. The van der Waals surface area contributed by atoms with Crippen LogP contribution in [0.1, 0.15) is 16.1 Å². The topological polar surface area (TPSA) is 80.8 Å². The zero-order valence-corrected chi connectivity index (χ0v) is 16.3. The van der Waals surface area contributed by atoms with Crippen LogP contribution in [0.2, 0.25) is 0 Å². The van der Waals surface area contributed by atoms with Crippen LogP contribution in [0.15, 0.2) is 14.3 Å². The minimum atomic E-state index is -3.06. The maximum absolute atomic E-state index is 12.0. The van der Waals surface area contributed by atoms with Crippen LogP contribution in [0.4, 0.5) is 0 Å². The zero-order valence-electron chi connectivity index (χ0n) is 11.5. The van der Waals surface area contributed by atoms with E-state index in [9.17, 15) is 18.0 Å². The number of hydrogen-bond donors (Lipinski definition) is 0. The minimum absolute atomic E-state index is 0.0337. The summed E-state index contributed by atoms with van der Waals surface area (Å²) in [5.74, 6) is -0.942. The van der Waals surface area contributed by atoms with Gasteiger partial charge in [0.05, 0.1) is 15.3 Å². The van der Waals surface area contributed by atoms with Crippen LogP contribution >= 0.6 is 43.2 Å². The first kappa shape index (κ1) is 17.9. The second-order valence-electron chi connectivity index (χ2n) is 4.87. The number of halogens is 2. The number of hydrogen-bond acceptors (Lipinski definition) is 6. The first-order valence-electron chi connectivity index (χ1n) is 6.27. The molecular formula is C12H13Br2NO5S2. The molecular weight excluding hydrogens is 462 g/mol. The lowest BCUT2D eigenvalue weighted by Gasteiger charge is -2.23. The minimum Gasteiger partial charge on any atom is -0.451 e. The van der Waals surface area contributed by atoms with Crippen molar-refractivity contribution in [3.8, 4) is 0 Å². The monoisotopic (exact) mass is 473 g/mol. The number of sulfone groups is 1. The van der Waals surface area contributed by atoms with Crippen molar-refractivity contribution in [1.29, 1.82) is 0 Å². The molecule has 1 atom stereocenters. The van der Waals surface area contributed by atoms with Gasteiger partial charge in [-0.25, -0.2) is 13.2 Å². The average molecular weight is 475 g/mol. The van der Waals surface area contributed by atoms with Crippen molar-refractivity contribution < 1.29 is 22.7 Å². The van der Waals surface area contributed by atoms with E-state index >= 15 is 0 Å². The van der Waals surface area contributed by atoms with Gasteiger partial charge in [-0.3, -0.25) is 4.79 Å². The third kappa shape index (κ3) is 4.30.